The molecule has 0 radical (unpaired) electrons. The van der Waals surface area contributed by atoms with E-state index in [0.29, 0.717) is 11.7 Å². The third kappa shape index (κ3) is 4.03. The van der Waals surface area contributed by atoms with Crippen molar-refractivity contribution in [1.82, 2.24) is 0 Å². The Morgan fingerprint density at radius 1 is 0.970 bits per heavy atom. The van der Waals surface area contributed by atoms with Gasteiger partial charge in [0.25, 0.3) is 0 Å². The first-order chi connectivity index (χ1) is 16.2. The van der Waals surface area contributed by atoms with Gasteiger partial charge in [0.1, 0.15) is 0 Å². The van der Waals surface area contributed by atoms with Crippen LogP contribution in [-0.2, 0) is 14.7 Å². The number of rotatable bonds is 6. The summed E-state index contributed by atoms with van der Waals surface area (Å²) in [6, 6.07) is 29.7. The minimum atomic E-state index is -0.810. The monoisotopic (exact) mass is 455 g/mol. The van der Waals surface area contributed by atoms with Crippen molar-refractivity contribution in [2.24, 2.45) is 5.92 Å². The van der Waals surface area contributed by atoms with Gasteiger partial charge in [0.05, 0.1) is 13.4 Å². The minimum absolute atomic E-state index is 0.145. The molecule has 0 aliphatic heterocycles. The molecule has 1 fully saturated rings. The van der Waals surface area contributed by atoms with Crippen LogP contribution >= 0.6 is 8.69 Å². The van der Waals surface area contributed by atoms with E-state index in [1.165, 1.54) is 27.8 Å². The summed E-state index contributed by atoms with van der Waals surface area (Å²) >= 11 is 0. The highest BCUT2D eigenvalue weighted by Gasteiger charge is 2.48. The SMILES string of the molecule is COC=C1CCC2(c3cccc(O[PH+]=O)c3)CC1C(c1ccccc1)C=C2c1ccccc1. The maximum atomic E-state index is 11.2. The Labute approximate surface area is 197 Å². The van der Waals surface area contributed by atoms with Gasteiger partial charge in [-0.15, -0.1) is 0 Å². The molecule has 4 unspecified atom stereocenters. The van der Waals surface area contributed by atoms with Crippen LogP contribution in [0.25, 0.3) is 5.57 Å². The number of ether oxygens (including phenoxy) is 1. The second-order valence-corrected chi connectivity index (χ2v) is 9.29. The van der Waals surface area contributed by atoms with Crippen molar-refractivity contribution in [3.05, 3.63) is 120 Å². The molecule has 0 saturated heterocycles. The van der Waals surface area contributed by atoms with E-state index in [2.05, 4.69) is 78.9 Å². The summed E-state index contributed by atoms with van der Waals surface area (Å²) < 4.78 is 22.1. The van der Waals surface area contributed by atoms with Gasteiger partial charge in [-0.05, 0) is 69.7 Å². The van der Waals surface area contributed by atoms with Crippen molar-refractivity contribution in [2.45, 2.75) is 30.6 Å². The zero-order chi connectivity index (χ0) is 22.7. The van der Waals surface area contributed by atoms with E-state index in [0.717, 1.165) is 19.3 Å². The smallest absolute Gasteiger partial charge is 0.504 e. The summed E-state index contributed by atoms with van der Waals surface area (Å²) in [7, 11) is 0.931. The summed E-state index contributed by atoms with van der Waals surface area (Å²) in [4.78, 5) is 0. The van der Waals surface area contributed by atoms with E-state index in [1.54, 1.807) is 7.11 Å². The molecule has 33 heavy (non-hydrogen) atoms. The molecule has 0 amide bonds. The molecule has 0 aromatic heterocycles. The normalized spacial score (nSPS) is 25.5. The molecule has 3 aromatic carbocycles. The van der Waals surface area contributed by atoms with Gasteiger partial charge < -0.3 is 4.74 Å². The Morgan fingerprint density at radius 3 is 2.45 bits per heavy atom. The minimum Gasteiger partial charge on any atom is -0.504 e. The molecule has 0 heterocycles. The fourth-order valence-corrected chi connectivity index (χ4v) is 6.05. The highest BCUT2D eigenvalue weighted by atomic mass is 31.1. The van der Waals surface area contributed by atoms with Crippen molar-refractivity contribution in [1.29, 1.82) is 0 Å². The van der Waals surface area contributed by atoms with Crippen LogP contribution in [0.2, 0.25) is 0 Å². The van der Waals surface area contributed by atoms with Gasteiger partial charge in [0.15, 0.2) is 5.75 Å². The van der Waals surface area contributed by atoms with Crippen LogP contribution in [0, 0.1) is 5.92 Å². The third-order valence-corrected chi connectivity index (χ3v) is 7.58. The summed E-state index contributed by atoms with van der Waals surface area (Å²) in [5.74, 6) is 1.28. The lowest BCUT2D eigenvalue weighted by Gasteiger charge is -2.50. The second kappa shape index (κ2) is 9.37. The van der Waals surface area contributed by atoms with Crippen molar-refractivity contribution >= 4 is 14.3 Å². The summed E-state index contributed by atoms with van der Waals surface area (Å²) in [6.45, 7) is 0. The fraction of sp³-hybridized carbons (Fsp3) is 0.241. The van der Waals surface area contributed by atoms with Crippen LogP contribution in [0.1, 0.15) is 41.9 Å². The number of methoxy groups -OCH3 is 1. The lowest BCUT2D eigenvalue weighted by Crippen LogP contribution is -2.40. The van der Waals surface area contributed by atoms with Crippen LogP contribution in [0.4, 0.5) is 0 Å². The van der Waals surface area contributed by atoms with E-state index in [9.17, 15) is 4.57 Å². The predicted octanol–water partition coefficient (Wildman–Crippen LogP) is 7.45. The first kappa shape index (κ1) is 21.7. The number of benzene rings is 3. The Bertz CT molecular complexity index is 1190. The van der Waals surface area contributed by atoms with Crippen LogP contribution in [-0.4, -0.2) is 7.11 Å². The summed E-state index contributed by atoms with van der Waals surface area (Å²) in [5, 5.41) is 0. The average molecular weight is 456 g/mol. The topological polar surface area (TPSA) is 35.5 Å². The molecule has 166 valence electrons. The van der Waals surface area contributed by atoms with Gasteiger partial charge in [0.2, 0.25) is 0 Å². The largest absolute Gasteiger partial charge is 0.542 e. The van der Waals surface area contributed by atoms with Gasteiger partial charge in [-0.2, -0.15) is 0 Å². The fourth-order valence-electron chi connectivity index (χ4n) is 5.82. The van der Waals surface area contributed by atoms with E-state index in [1.807, 2.05) is 18.4 Å². The van der Waals surface area contributed by atoms with Crippen LogP contribution in [0.3, 0.4) is 0 Å². The molecule has 2 bridgehead atoms. The Balaban J connectivity index is 1.73. The number of allylic oxidation sites excluding steroid dienone is 3. The quantitative estimate of drug-likeness (QED) is 0.286. The molecule has 3 aromatic rings. The Kier molecular flexibility index (Phi) is 6.15. The molecule has 5 rings (SSSR count). The lowest BCUT2D eigenvalue weighted by molar-refractivity contribution is 0.274. The average Bonchev–Trinajstić information content (AvgIpc) is 2.87. The molecular formula is C29H28O3P+. The first-order valence-electron chi connectivity index (χ1n) is 11.4. The zero-order valence-corrected chi connectivity index (χ0v) is 19.7. The van der Waals surface area contributed by atoms with Crippen molar-refractivity contribution in [3.8, 4) is 5.75 Å². The molecule has 0 N–H and O–H groups in total. The van der Waals surface area contributed by atoms with Gasteiger partial charge in [-0.25, -0.2) is 0 Å². The highest BCUT2D eigenvalue weighted by Crippen LogP contribution is 2.59. The van der Waals surface area contributed by atoms with E-state index < -0.39 is 8.69 Å². The Hall–Kier alpha value is -3.16. The maximum Gasteiger partial charge on any atom is 0.542 e. The van der Waals surface area contributed by atoms with Crippen molar-refractivity contribution in [2.75, 3.05) is 7.11 Å². The number of hydrogen-bond donors (Lipinski definition) is 0. The van der Waals surface area contributed by atoms with Crippen LogP contribution in [0.15, 0.2) is 103 Å². The van der Waals surface area contributed by atoms with Gasteiger partial charge in [-0.3, -0.25) is 4.52 Å². The second-order valence-electron chi connectivity index (χ2n) is 8.92. The summed E-state index contributed by atoms with van der Waals surface area (Å²) in [6.07, 6.45) is 7.41. The van der Waals surface area contributed by atoms with E-state index in [-0.39, 0.29) is 11.3 Å². The van der Waals surface area contributed by atoms with Gasteiger partial charge >= 0.3 is 8.69 Å². The molecule has 3 nitrogen and oxygen atoms in total. The Morgan fingerprint density at radius 2 is 1.73 bits per heavy atom. The van der Waals surface area contributed by atoms with E-state index >= 15 is 0 Å². The molecule has 2 aliphatic carbocycles. The van der Waals surface area contributed by atoms with Crippen LogP contribution < -0.4 is 4.52 Å². The zero-order valence-electron chi connectivity index (χ0n) is 18.7. The number of fused-ring (bicyclic) bond motifs is 2. The molecule has 2 aliphatic rings. The predicted molar refractivity (Wildman–Crippen MR) is 134 cm³/mol. The van der Waals surface area contributed by atoms with Crippen molar-refractivity contribution in [3.63, 3.8) is 0 Å². The molecular weight excluding hydrogens is 427 g/mol. The van der Waals surface area contributed by atoms with Gasteiger partial charge in [0, 0.05) is 11.3 Å². The lowest BCUT2D eigenvalue weighted by atomic mass is 9.53. The number of hydrogen-bond acceptors (Lipinski definition) is 3. The highest BCUT2D eigenvalue weighted by molar-refractivity contribution is 7.17. The summed E-state index contributed by atoms with van der Waals surface area (Å²) in [5.41, 5.74) is 6.41. The third-order valence-electron chi connectivity index (χ3n) is 7.27. The van der Waals surface area contributed by atoms with Crippen molar-refractivity contribution < 1.29 is 13.8 Å². The van der Waals surface area contributed by atoms with E-state index in [4.69, 9.17) is 9.26 Å². The molecule has 4 heteroatoms. The molecule has 1 saturated carbocycles. The standard InChI is InChI=1S/C29H28O3P/c1-31-20-23-15-16-29(24-13-8-14-25(17-24)32-33-30)19-27(23)26(21-9-4-2-5-10-21)18-28(29)22-11-6-3-7-12-22/h2-14,17-18,20,26-27,33H,15-16,19H2,1H3/q+1. The van der Waals surface area contributed by atoms with Crippen LogP contribution in [0.5, 0.6) is 5.75 Å². The maximum absolute atomic E-state index is 11.2. The molecule has 4 atom stereocenters. The van der Waals surface area contributed by atoms with Gasteiger partial charge in [-0.1, -0.05) is 78.9 Å². The first-order valence-corrected chi connectivity index (χ1v) is 12.3. The molecule has 0 spiro atoms.